The van der Waals surface area contributed by atoms with Crippen molar-refractivity contribution < 1.29 is 19.1 Å². The van der Waals surface area contributed by atoms with Gasteiger partial charge in [-0.15, -0.1) is 0 Å². The lowest BCUT2D eigenvalue weighted by molar-refractivity contribution is -0.123. The number of methoxy groups -OCH3 is 1. The molecule has 0 spiro atoms. The number of carbonyl (C=O) groups excluding carboxylic acids is 2. The molecule has 1 fully saturated rings. The predicted octanol–water partition coefficient (Wildman–Crippen LogP) is 3.83. The maximum absolute atomic E-state index is 12.3. The number of carbonyl (C=O) groups is 2. The molecule has 6 nitrogen and oxygen atoms in total. The molecule has 2 aromatic carbocycles. The van der Waals surface area contributed by atoms with E-state index in [4.69, 9.17) is 9.47 Å². The predicted molar refractivity (Wildman–Crippen MR) is 112 cm³/mol. The molecule has 1 aliphatic carbocycles. The Hall–Kier alpha value is -3.02. The van der Waals surface area contributed by atoms with Gasteiger partial charge in [0.05, 0.1) is 7.11 Å². The Morgan fingerprint density at radius 1 is 1.10 bits per heavy atom. The maximum Gasteiger partial charge on any atom is 0.258 e. The van der Waals surface area contributed by atoms with Crippen LogP contribution < -0.4 is 20.1 Å². The van der Waals surface area contributed by atoms with Crippen LogP contribution in [0.3, 0.4) is 0 Å². The molecule has 2 aromatic rings. The third-order valence-corrected chi connectivity index (χ3v) is 5.15. The highest BCUT2D eigenvalue weighted by atomic mass is 16.5. The van der Waals surface area contributed by atoms with Crippen molar-refractivity contribution in [3.05, 3.63) is 53.6 Å². The van der Waals surface area contributed by atoms with Crippen LogP contribution >= 0.6 is 0 Å². The Morgan fingerprint density at radius 3 is 2.62 bits per heavy atom. The van der Waals surface area contributed by atoms with Gasteiger partial charge in [0.2, 0.25) is 5.91 Å². The molecule has 2 N–H and O–H groups in total. The second-order valence-corrected chi connectivity index (χ2v) is 7.37. The quantitative estimate of drug-likeness (QED) is 0.711. The second-order valence-electron chi connectivity index (χ2n) is 7.37. The van der Waals surface area contributed by atoms with Crippen molar-refractivity contribution in [1.82, 2.24) is 5.32 Å². The molecule has 0 radical (unpaired) electrons. The second kappa shape index (κ2) is 9.96. The molecule has 0 aromatic heterocycles. The number of benzene rings is 2. The van der Waals surface area contributed by atoms with E-state index in [1.54, 1.807) is 13.2 Å². The van der Waals surface area contributed by atoms with E-state index in [1.165, 1.54) is 0 Å². The van der Waals surface area contributed by atoms with Crippen molar-refractivity contribution >= 4 is 17.5 Å². The molecule has 29 heavy (non-hydrogen) atoms. The average Bonchev–Trinajstić information content (AvgIpc) is 3.26. The molecule has 1 aliphatic rings. The Bertz CT molecular complexity index is 860. The summed E-state index contributed by atoms with van der Waals surface area (Å²) in [5.41, 5.74) is 2.63. The standard InChI is InChI=1S/C23H28N2O4/c1-16-12-20(10-11-21(16)28-2)29-15-22(26)24-14-17-6-5-9-19(13-17)25-23(27)18-7-3-4-8-18/h5-6,9-13,18H,3-4,7-8,14-15H2,1-2H3,(H,24,26)(H,25,27). The average molecular weight is 396 g/mol. The van der Waals surface area contributed by atoms with E-state index >= 15 is 0 Å². The Kier molecular flexibility index (Phi) is 7.11. The molecule has 0 atom stereocenters. The minimum absolute atomic E-state index is 0.0656. The van der Waals surface area contributed by atoms with Crippen molar-refractivity contribution in [1.29, 1.82) is 0 Å². The van der Waals surface area contributed by atoms with E-state index in [0.717, 1.165) is 48.2 Å². The van der Waals surface area contributed by atoms with Gasteiger partial charge in [-0.3, -0.25) is 9.59 Å². The summed E-state index contributed by atoms with van der Waals surface area (Å²) in [5, 5.41) is 5.83. The fraction of sp³-hybridized carbons (Fsp3) is 0.391. The zero-order valence-electron chi connectivity index (χ0n) is 17.0. The summed E-state index contributed by atoms with van der Waals surface area (Å²) in [6.45, 7) is 2.23. The Balaban J connectivity index is 1.46. The summed E-state index contributed by atoms with van der Waals surface area (Å²) in [7, 11) is 1.62. The zero-order chi connectivity index (χ0) is 20.6. The van der Waals surface area contributed by atoms with Gasteiger partial charge in [0.1, 0.15) is 11.5 Å². The van der Waals surface area contributed by atoms with E-state index in [1.807, 2.05) is 43.3 Å². The smallest absolute Gasteiger partial charge is 0.258 e. The van der Waals surface area contributed by atoms with Gasteiger partial charge in [-0.2, -0.15) is 0 Å². The first-order valence-corrected chi connectivity index (χ1v) is 9.99. The highest BCUT2D eigenvalue weighted by Gasteiger charge is 2.22. The maximum atomic E-state index is 12.3. The lowest BCUT2D eigenvalue weighted by Gasteiger charge is -2.12. The van der Waals surface area contributed by atoms with E-state index in [-0.39, 0.29) is 24.3 Å². The molecule has 0 bridgehead atoms. The molecular formula is C23H28N2O4. The Labute approximate surface area is 171 Å². The first-order chi connectivity index (χ1) is 14.0. The van der Waals surface area contributed by atoms with E-state index < -0.39 is 0 Å². The minimum atomic E-state index is -0.209. The summed E-state index contributed by atoms with van der Waals surface area (Å²) in [5.74, 6) is 1.40. The van der Waals surface area contributed by atoms with Crippen LogP contribution in [-0.2, 0) is 16.1 Å². The molecule has 6 heteroatoms. The molecule has 0 heterocycles. The van der Waals surface area contributed by atoms with Crippen LogP contribution in [0.4, 0.5) is 5.69 Å². The van der Waals surface area contributed by atoms with Crippen molar-refractivity contribution in [2.45, 2.75) is 39.2 Å². The SMILES string of the molecule is COc1ccc(OCC(=O)NCc2cccc(NC(=O)C3CCCC3)c2)cc1C. The number of aryl methyl sites for hydroxylation is 1. The van der Waals surface area contributed by atoms with E-state index in [0.29, 0.717) is 12.3 Å². The Morgan fingerprint density at radius 2 is 1.90 bits per heavy atom. The molecule has 154 valence electrons. The van der Waals surface area contributed by atoms with Gasteiger partial charge in [-0.05, 0) is 61.2 Å². The van der Waals surface area contributed by atoms with Gasteiger partial charge in [0, 0.05) is 18.2 Å². The molecular weight excluding hydrogens is 368 g/mol. The van der Waals surface area contributed by atoms with Crippen molar-refractivity contribution in [2.24, 2.45) is 5.92 Å². The zero-order valence-corrected chi connectivity index (χ0v) is 17.0. The van der Waals surface area contributed by atoms with Crippen LogP contribution in [-0.4, -0.2) is 25.5 Å². The van der Waals surface area contributed by atoms with Crippen LogP contribution in [0.15, 0.2) is 42.5 Å². The van der Waals surface area contributed by atoms with Gasteiger partial charge in [0.15, 0.2) is 6.61 Å². The van der Waals surface area contributed by atoms with Crippen LogP contribution in [0.2, 0.25) is 0 Å². The third kappa shape index (κ3) is 5.98. The first-order valence-electron chi connectivity index (χ1n) is 9.99. The number of rotatable bonds is 8. The number of hydrogen-bond donors (Lipinski definition) is 2. The van der Waals surface area contributed by atoms with Crippen molar-refractivity contribution in [3.63, 3.8) is 0 Å². The summed E-state index contributed by atoms with van der Waals surface area (Å²) in [6, 6.07) is 13.0. The molecule has 0 saturated heterocycles. The fourth-order valence-corrected chi connectivity index (χ4v) is 3.53. The van der Waals surface area contributed by atoms with Crippen LogP contribution in [0.5, 0.6) is 11.5 Å². The minimum Gasteiger partial charge on any atom is -0.496 e. The summed E-state index contributed by atoms with van der Waals surface area (Å²) < 4.78 is 10.8. The van der Waals surface area contributed by atoms with E-state index in [2.05, 4.69) is 10.6 Å². The van der Waals surface area contributed by atoms with Crippen LogP contribution in [0, 0.1) is 12.8 Å². The molecule has 1 saturated carbocycles. The third-order valence-electron chi connectivity index (χ3n) is 5.15. The van der Waals surface area contributed by atoms with Crippen molar-refractivity contribution in [2.75, 3.05) is 19.0 Å². The van der Waals surface area contributed by atoms with Gasteiger partial charge < -0.3 is 20.1 Å². The topological polar surface area (TPSA) is 76.7 Å². The molecule has 0 unspecified atom stereocenters. The van der Waals surface area contributed by atoms with Gasteiger partial charge in [0.25, 0.3) is 5.91 Å². The number of anilines is 1. The summed E-state index contributed by atoms with van der Waals surface area (Å²) >= 11 is 0. The largest absolute Gasteiger partial charge is 0.496 e. The van der Waals surface area contributed by atoms with Gasteiger partial charge in [-0.1, -0.05) is 25.0 Å². The van der Waals surface area contributed by atoms with Gasteiger partial charge in [-0.25, -0.2) is 0 Å². The first kappa shape index (κ1) is 20.7. The number of hydrogen-bond acceptors (Lipinski definition) is 4. The van der Waals surface area contributed by atoms with E-state index in [9.17, 15) is 9.59 Å². The molecule has 3 rings (SSSR count). The highest BCUT2D eigenvalue weighted by molar-refractivity contribution is 5.92. The lowest BCUT2D eigenvalue weighted by atomic mass is 10.1. The molecule has 2 amide bonds. The van der Waals surface area contributed by atoms with Crippen molar-refractivity contribution in [3.8, 4) is 11.5 Å². The monoisotopic (exact) mass is 396 g/mol. The fourth-order valence-electron chi connectivity index (χ4n) is 3.53. The number of ether oxygens (including phenoxy) is 2. The number of amides is 2. The lowest BCUT2D eigenvalue weighted by Crippen LogP contribution is -2.28. The highest BCUT2D eigenvalue weighted by Crippen LogP contribution is 2.26. The number of nitrogens with one attached hydrogen (secondary N) is 2. The molecule has 0 aliphatic heterocycles. The summed E-state index contributed by atoms with van der Waals surface area (Å²) in [4.78, 5) is 24.4. The van der Waals surface area contributed by atoms with Gasteiger partial charge >= 0.3 is 0 Å². The van der Waals surface area contributed by atoms with Crippen LogP contribution in [0.25, 0.3) is 0 Å². The normalized spacial score (nSPS) is 13.7. The summed E-state index contributed by atoms with van der Waals surface area (Å²) in [6.07, 6.45) is 4.19. The van der Waals surface area contributed by atoms with Crippen LogP contribution in [0.1, 0.15) is 36.8 Å².